The minimum atomic E-state index is -1.55. The van der Waals surface area contributed by atoms with Gasteiger partial charge in [0, 0.05) is 11.8 Å². The number of hydrogen-bond acceptors (Lipinski definition) is 4. The maximum Gasteiger partial charge on any atom is 0.340 e. The zero-order valence-electron chi connectivity index (χ0n) is 19.7. The van der Waals surface area contributed by atoms with Gasteiger partial charge in [-0.25, -0.2) is 9.18 Å². The van der Waals surface area contributed by atoms with Crippen molar-refractivity contribution in [3.63, 3.8) is 0 Å². The third-order valence-corrected chi connectivity index (χ3v) is 6.59. The average molecular weight is 427 g/mol. The second-order valence-corrected chi connectivity index (χ2v) is 9.88. The summed E-state index contributed by atoms with van der Waals surface area (Å²) in [6.07, 6.45) is 9.35. The number of carbonyl (C=O) groups is 2. The predicted molar refractivity (Wildman–Crippen MR) is 119 cm³/mol. The number of unbranched alkanes of at least 4 members (excludes halogenated alkanes) is 2. The lowest BCUT2D eigenvalue weighted by Gasteiger charge is -2.29. The maximum atomic E-state index is 13.7. The number of Topliss-reactive ketones (excluding diaryl/α,β-unsaturated/α-hetero) is 1. The molecule has 0 aromatic heterocycles. The second kappa shape index (κ2) is 12.6. The number of rotatable bonds is 14. The molecule has 2 unspecified atom stereocenters. The highest BCUT2D eigenvalue weighted by Crippen LogP contribution is 2.45. The van der Waals surface area contributed by atoms with Crippen LogP contribution in [0.3, 0.4) is 0 Å². The normalized spacial score (nSPS) is 24.4. The Kier molecular flexibility index (Phi) is 11.2. The standard InChI is InChI=1S/C25H43FO4/c1-6-16-24(3,4)18-20(27)14-12-19-13-15-22(28)25(19,5)17-10-8-9-11-21(26)23(29)30-7-2/h12,14,19-21,27H,6-11,13,15-18H2,1-5H3/t19-,20?,21?,25-/m0/s1. The molecular weight excluding hydrogens is 383 g/mol. The van der Waals surface area contributed by atoms with Crippen LogP contribution < -0.4 is 0 Å². The van der Waals surface area contributed by atoms with Crippen molar-refractivity contribution in [2.75, 3.05) is 6.61 Å². The molecule has 30 heavy (non-hydrogen) atoms. The van der Waals surface area contributed by atoms with Crippen LogP contribution in [0.5, 0.6) is 0 Å². The molecule has 4 nitrogen and oxygen atoms in total. The van der Waals surface area contributed by atoms with Crippen molar-refractivity contribution >= 4 is 11.8 Å². The zero-order chi connectivity index (χ0) is 22.8. The van der Waals surface area contributed by atoms with Crippen LogP contribution in [0.25, 0.3) is 0 Å². The number of hydrogen-bond donors (Lipinski definition) is 1. The molecule has 174 valence electrons. The molecule has 0 amide bonds. The van der Waals surface area contributed by atoms with Crippen LogP contribution in [-0.2, 0) is 14.3 Å². The van der Waals surface area contributed by atoms with Gasteiger partial charge in [-0.3, -0.25) is 4.79 Å². The zero-order valence-corrected chi connectivity index (χ0v) is 19.7. The van der Waals surface area contributed by atoms with Gasteiger partial charge >= 0.3 is 5.97 Å². The maximum absolute atomic E-state index is 13.7. The fraction of sp³-hybridized carbons (Fsp3) is 0.840. The van der Waals surface area contributed by atoms with Crippen LogP contribution in [-0.4, -0.2) is 35.7 Å². The molecule has 4 atom stereocenters. The van der Waals surface area contributed by atoms with Crippen molar-refractivity contribution in [3.8, 4) is 0 Å². The number of allylic oxidation sites excluding steroid dienone is 1. The first kappa shape index (κ1) is 26.8. The van der Waals surface area contributed by atoms with E-state index in [1.54, 1.807) is 6.92 Å². The molecule has 0 bridgehead atoms. The summed E-state index contributed by atoms with van der Waals surface area (Å²) in [5, 5.41) is 10.4. The number of aliphatic hydroxyl groups is 1. The number of carbonyl (C=O) groups excluding carboxylic acids is 2. The molecule has 0 saturated heterocycles. The summed E-state index contributed by atoms with van der Waals surface area (Å²) in [4.78, 5) is 23.9. The third-order valence-electron chi connectivity index (χ3n) is 6.59. The highest BCUT2D eigenvalue weighted by molar-refractivity contribution is 5.87. The fourth-order valence-corrected chi connectivity index (χ4v) is 4.75. The molecule has 0 aliphatic heterocycles. The van der Waals surface area contributed by atoms with Gasteiger partial charge in [-0.2, -0.15) is 0 Å². The summed E-state index contributed by atoms with van der Waals surface area (Å²) in [6, 6.07) is 0. The molecule has 0 spiro atoms. The predicted octanol–water partition coefficient (Wildman–Crippen LogP) is 5.96. The topological polar surface area (TPSA) is 63.6 Å². The van der Waals surface area contributed by atoms with Crippen LogP contribution in [0, 0.1) is 16.7 Å². The summed E-state index contributed by atoms with van der Waals surface area (Å²) in [5.74, 6) is -0.350. The molecule has 5 heteroatoms. The first-order valence-corrected chi connectivity index (χ1v) is 11.8. The van der Waals surface area contributed by atoms with Crippen LogP contribution in [0.2, 0.25) is 0 Å². The summed E-state index contributed by atoms with van der Waals surface area (Å²) in [6.45, 7) is 10.4. The quantitative estimate of drug-likeness (QED) is 0.211. The SMILES string of the molecule is CCCC(C)(C)CC(O)C=C[C@H]1CCC(=O)[C@@]1(C)CCCCCC(F)C(=O)OCC. The number of ketones is 1. The smallest absolute Gasteiger partial charge is 0.340 e. The van der Waals surface area contributed by atoms with Gasteiger partial charge in [0.1, 0.15) is 5.78 Å². The summed E-state index contributed by atoms with van der Waals surface area (Å²) in [5.41, 5.74) is -0.309. The van der Waals surface area contributed by atoms with Crippen molar-refractivity contribution in [1.82, 2.24) is 0 Å². The molecule has 0 aromatic rings. The second-order valence-electron chi connectivity index (χ2n) is 9.88. The van der Waals surface area contributed by atoms with Crippen LogP contribution in [0.15, 0.2) is 12.2 Å². The van der Waals surface area contributed by atoms with E-state index in [0.29, 0.717) is 12.8 Å². The van der Waals surface area contributed by atoms with E-state index < -0.39 is 23.7 Å². The average Bonchev–Trinajstić information content (AvgIpc) is 2.93. The lowest BCUT2D eigenvalue weighted by molar-refractivity contribution is -0.149. The number of esters is 1. The lowest BCUT2D eigenvalue weighted by atomic mass is 9.74. The Morgan fingerprint density at radius 3 is 2.67 bits per heavy atom. The Morgan fingerprint density at radius 2 is 2.03 bits per heavy atom. The van der Waals surface area contributed by atoms with E-state index in [1.807, 2.05) is 13.0 Å². The molecule has 1 N–H and O–H groups in total. The number of alkyl halides is 1. The van der Waals surface area contributed by atoms with Crippen LogP contribution in [0.4, 0.5) is 4.39 Å². The third kappa shape index (κ3) is 8.49. The van der Waals surface area contributed by atoms with E-state index in [0.717, 1.165) is 44.9 Å². The molecule has 1 rings (SSSR count). The molecule has 0 radical (unpaired) electrons. The first-order valence-electron chi connectivity index (χ1n) is 11.8. The van der Waals surface area contributed by atoms with Crippen LogP contribution in [0.1, 0.15) is 98.8 Å². The number of halogens is 1. The minimum absolute atomic E-state index is 0.102. The van der Waals surface area contributed by atoms with Gasteiger partial charge < -0.3 is 9.84 Å². The van der Waals surface area contributed by atoms with Crippen molar-refractivity contribution in [3.05, 3.63) is 12.2 Å². The van der Waals surface area contributed by atoms with Gasteiger partial charge in [-0.05, 0) is 56.8 Å². The van der Waals surface area contributed by atoms with E-state index in [1.165, 1.54) is 0 Å². The van der Waals surface area contributed by atoms with E-state index in [2.05, 4.69) is 31.6 Å². The van der Waals surface area contributed by atoms with Gasteiger partial charge in [-0.15, -0.1) is 0 Å². The fourth-order valence-electron chi connectivity index (χ4n) is 4.75. The van der Waals surface area contributed by atoms with E-state index in [-0.39, 0.29) is 30.1 Å². The molecular formula is C25H43FO4. The van der Waals surface area contributed by atoms with Gasteiger partial charge in [0.25, 0.3) is 0 Å². The van der Waals surface area contributed by atoms with Crippen molar-refractivity contribution in [1.29, 1.82) is 0 Å². The van der Waals surface area contributed by atoms with Crippen LogP contribution >= 0.6 is 0 Å². The lowest BCUT2D eigenvalue weighted by Crippen LogP contribution is -2.28. The summed E-state index contributed by atoms with van der Waals surface area (Å²) < 4.78 is 18.4. The summed E-state index contributed by atoms with van der Waals surface area (Å²) >= 11 is 0. The van der Waals surface area contributed by atoms with E-state index in [9.17, 15) is 19.1 Å². The van der Waals surface area contributed by atoms with Crippen molar-refractivity contribution < 1.29 is 23.8 Å². The highest BCUT2D eigenvalue weighted by Gasteiger charge is 2.43. The number of aliphatic hydroxyl groups excluding tert-OH is 1. The van der Waals surface area contributed by atoms with E-state index >= 15 is 0 Å². The Balaban J connectivity index is 2.51. The van der Waals surface area contributed by atoms with Gasteiger partial charge in [0.15, 0.2) is 6.17 Å². The van der Waals surface area contributed by atoms with E-state index in [4.69, 9.17) is 0 Å². The number of ether oxygens (including phenoxy) is 1. The highest BCUT2D eigenvalue weighted by atomic mass is 19.1. The first-order chi connectivity index (χ1) is 14.1. The molecule has 0 aromatic carbocycles. The minimum Gasteiger partial charge on any atom is -0.464 e. The van der Waals surface area contributed by atoms with Gasteiger partial charge in [-0.1, -0.05) is 59.1 Å². The monoisotopic (exact) mass is 426 g/mol. The molecule has 1 aliphatic rings. The van der Waals surface area contributed by atoms with Crippen molar-refractivity contribution in [2.45, 2.75) is 111 Å². The Labute approximate surface area is 182 Å². The van der Waals surface area contributed by atoms with Gasteiger partial charge in [0.05, 0.1) is 12.7 Å². The molecule has 0 heterocycles. The largest absolute Gasteiger partial charge is 0.464 e. The van der Waals surface area contributed by atoms with Gasteiger partial charge in [0.2, 0.25) is 0 Å². The Bertz CT molecular complexity index is 571. The summed E-state index contributed by atoms with van der Waals surface area (Å²) in [7, 11) is 0. The molecule has 1 aliphatic carbocycles. The van der Waals surface area contributed by atoms with Crippen molar-refractivity contribution in [2.24, 2.45) is 16.7 Å². The Hall–Kier alpha value is -1.23. The Morgan fingerprint density at radius 1 is 1.33 bits per heavy atom. The molecule has 1 fully saturated rings. The molecule has 1 saturated carbocycles.